The average Bonchev–Trinajstić information content (AvgIpc) is 3.00. The monoisotopic (exact) mass is 346 g/mol. The van der Waals surface area contributed by atoms with E-state index in [1.54, 1.807) is 42.8 Å². The zero-order valence-corrected chi connectivity index (χ0v) is 14.5. The Labute approximate surface area is 151 Å². The lowest BCUT2D eigenvalue weighted by Gasteiger charge is -2.03. The van der Waals surface area contributed by atoms with Crippen LogP contribution < -0.4 is 10.6 Å². The van der Waals surface area contributed by atoms with E-state index >= 15 is 0 Å². The summed E-state index contributed by atoms with van der Waals surface area (Å²) in [6.07, 6.45) is 1.80. The summed E-state index contributed by atoms with van der Waals surface area (Å²) in [6, 6.07) is 12.7. The van der Waals surface area contributed by atoms with Gasteiger partial charge in [-0.25, -0.2) is 4.98 Å². The topological polar surface area (TPSA) is 75.5 Å². The standard InChI is InChI=1S/C20H18N4O2/c1-14-18(24-13-6-5-11-17(24)23-14)20(26)22-12-7-9-15-8-3-4-10-16(15)19(25)21-2/h3-6,8,10-11,13H,12H2,1-2H3,(H,21,25)(H,22,26). The molecule has 2 amide bonds. The van der Waals surface area contributed by atoms with E-state index in [1.807, 2.05) is 24.3 Å². The van der Waals surface area contributed by atoms with Crippen LogP contribution in [0.4, 0.5) is 0 Å². The molecule has 0 spiro atoms. The first-order valence-electron chi connectivity index (χ1n) is 8.13. The molecular formula is C20H18N4O2. The van der Waals surface area contributed by atoms with Gasteiger partial charge in [-0.05, 0) is 31.2 Å². The maximum Gasteiger partial charge on any atom is 0.270 e. The Kier molecular flexibility index (Phi) is 4.99. The van der Waals surface area contributed by atoms with Crippen LogP contribution in [0.25, 0.3) is 5.65 Å². The smallest absolute Gasteiger partial charge is 0.270 e. The SMILES string of the molecule is CNC(=O)c1ccccc1C#CCNC(=O)c1c(C)nc2ccccn12. The van der Waals surface area contributed by atoms with E-state index in [-0.39, 0.29) is 18.4 Å². The number of rotatable bonds is 3. The predicted molar refractivity (Wildman–Crippen MR) is 99.0 cm³/mol. The maximum absolute atomic E-state index is 12.5. The minimum atomic E-state index is -0.241. The second-order valence-corrected chi connectivity index (χ2v) is 5.58. The Morgan fingerprint density at radius 1 is 1.12 bits per heavy atom. The van der Waals surface area contributed by atoms with E-state index in [0.29, 0.717) is 22.5 Å². The third-order valence-electron chi connectivity index (χ3n) is 3.88. The van der Waals surface area contributed by atoms with Crippen molar-refractivity contribution in [3.05, 3.63) is 71.2 Å². The third kappa shape index (κ3) is 3.42. The fraction of sp³-hybridized carbons (Fsp3) is 0.150. The summed E-state index contributed by atoms with van der Waals surface area (Å²) >= 11 is 0. The number of amides is 2. The van der Waals surface area contributed by atoms with Gasteiger partial charge in [-0.3, -0.25) is 14.0 Å². The van der Waals surface area contributed by atoms with E-state index in [2.05, 4.69) is 27.5 Å². The molecule has 2 aromatic heterocycles. The largest absolute Gasteiger partial charge is 0.355 e. The fourth-order valence-corrected chi connectivity index (χ4v) is 2.66. The molecule has 26 heavy (non-hydrogen) atoms. The number of nitrogens with zero attached hydrogens (tertiary/aromatic N) is 2. The van der Waals surface area contributed by atoms with Crippen molar-refractivity contribution in [1.82, 2.24) is 20.0 Å². The van der Waals surface area contributed by atoms with Crippen LogP contribution in [0.3, 0.4) is 0 Å². The van der Waals surface area contributed by atoms with Gasteiger partial charge in [-0.2, -0.15) is 0 Å². The number of carbonyl (C=O) groups is 2. The van der Waals surface area contributed by atoms with Gasteiger partial charge in [0.25, 0.3) is 11.8 Å². The molecule has 0 fully saturated rings. The minimum absolute atomic E-state index is 0.167. The zero-order valence-electron chi connectivity index (χ0n) is 14.5. The second kappa shape index (κ2) is 7.53. The van der Waals surface area contributed by atoms with Crippen molar-refractivity contribution in [2.75, 3.05) is 13.6 Å². The number of hydrogen-bond acceptors (Lipinski definition) is 3. The van der Waals surface area contributed by atoms with Gasteiger partial charge < -0.3 is 10.6 Å². The quantitative estimate of drug-likeness (QED) is 0.710. The second-order valence-electron chi connectivity index (χ2n) is 5.58. The molecule has 6 nitrogen and oxygen atoms in total. The predicted octanol–water partition coefficient (Wildman–Crippen LogP) is 1.78. The normalized spacial score (nSPS) is 10.1. The van der Waals surface area contributed by atoms with Crippen LogP contribution in [0.1, 0.15) is 32.1 Å². The first-order chi connectivity index (χ1) is 12.6. The molecule has 0 saturated carbocycles. The summed E-state index contributed by atoms with van der Waals surface area (Å²) in [5, 5.41) is 5.36. The average molecular weight is 346 g/mol. The van der Waals surface area contributed by atoms with Crippen molar-refractivity contribution in [3.63, 3.8) is 0 Å². The molecule has 3 rings (SSSR count). The van der Waals surface area contributed by atoms with E-state index in [1.165, 1.54) is 0 Å². The lowest BCUT2D eigenvalue weighted by atomic mass is 10.1. The highest BCUT2D eigenvalue weighted by atomic mass is 16.2. The summed E-state index contributed by atoms with van der Waals surface area (Å²) in [5.41, 5.74) is 3.00. The number of imidazole rings is 1. The number of hydrogen-bond donors (Lipinski definition) is 2. The minimum Gasteiger partial charge on any atom is -0.355 e. The van der Waals surface area contributed by atoms with E-state index in [9.17, 15) is 9.59 Å². The number of aryl methyl sites for hydroxylation is 1. The molecule has 3 aromatic rings. The summed E-state index contributed by atoms with van der Waals surface area (Å²) in [4.78, 5) is 28.7. The van der Waals surface area contributed by atoms with Gasteiger partial charge in [0, 0.05) is 18.8 Å². The van der Waals surface area contributed by atoms with Crippen LogP contribution in [0.5, 0.6) is 0 Å². The molecule has 0 aliphatic carbocycles. The summed E-state index contributed by atoms with van der Waals surface area (Å²) < 4.78 is 1.75. The van der Waals surface area contributed by atoms with Gasteiger partial charge in [0.2, 0.25) is 0 Å². The molecule has 0 saturated heterocycles. The molecule has 130 valence electrons. The van der Waals surface area contributed by atoms with Gasteiger partial charge in [0.05, 0.1) is 17.8 Å². The Balaban J connectivity index is 1.73. The Morgan fingerprint density at radius 2 is 1.88 bits per heavy atom. The maximum atomic E-state index is 12.5. The molecule has 1 aromatic carbocycles. The van der Waals surface area contributed by atoms with Gasteiger partial charge in [-0.1, -0.05) is 30.0 Å². The van der Waals surface area contributed by atoms with E-state index in [0.717, 1.165) is 5.65 Å². The molecule has 0 radical (unpaired) electrons. The van der Waals surface area contributed by atoms with Crippen LogP contribution in [-0.2, 0) is 0 Å². The van der Waals surface area contributed by atoms with Crippen molar-refractivity contribution in [3.8, 4) is 11.8 Å². The van der Waals surface area contributed by atoms with Crippen LogP contribution >= 0.6 is 0 Å². The van der Waals surface area contributed by atoms with E-state index in [4.69, 9.17) is 0 Å². The Hall–Kier alpha value is -3.59. The Bertz CT molecular complexity index is 1040. The number of pyridine rings is 1. The van der Waals surface area contributed by atoms with E-state index < -0.39 is 0 Å². The first kappa shape index (κ1) is 17.2. The van der Waals surface area contributed by atoms with Crippen molar-refractivity contribution in [1.29, 1.82) is 0 Å². The zero-order chi connectivity index (χ0) is 18.5. The van der Waals surface area contributed by atoms with Crippen LogP contribution in [0.15, 0.2) is 48.7 Å². The molecule has 0 aliphatic heterocycles. The van der Waals surface area contributed by atoms with Crippen molar-refractivity contribution < 1.29 is 9.59 Å². The first-order valence-corrected chi connectivity index (χ1v) is 8.13. The Morgan fingerprint density at radius 3 is 2.69 bits per heavy atom. The van der Waals surface area contributed by atoms with Crippen molar-refractivity contribution >= 4 is 17.5 Å². The molecule has 0 aliphatic rings. The van der Waals surface area contributed by atoms with Gasteiger partial charge >= 0.3 is 0 Å². The van der Waals surface area contributed by atoms with Gasteiger partial charge in [0.1, 0.15) is 11.3 Å². The molecule has 0 bridgehead atoms. The molecule has 2 heterocycles. The number of carbonyl (C=O) groups excluding carboxylic acids is 2. The highest BCUT2D eigenvalue weighted by Crippen LogP contribution is 2.11. The van der Waals surface area contributed by atoms with Crippen molar-refractivity contribution in [2.45, 2.75) is 6.92 Å². The van der Waals surface area contributed by atoms with Gasteiger partial charge in [-0.15, -0.1) is 0 Å². The summed E-state index contributed by atoms with van der Waals surface area (Å²) in [7, 11) is 1.57. The fourth-order valence-electron chi connectivity index (χ4n) is 2.66. The lowest BCUT2D eigenvalue weighted by Crippen LogP contribution is -2.25. The van der Waals surface area contributed by atoms with Crippen LogP contribution in [0, 0.1) is 18.8 Å². The number of benzene rings is 1. The lowest BCUT2D eigenvalue weighted by molar-refractivity contribution is 0.0947. The number of fused-ring (bicyclic) bond motifs is 1. The molecular weight excluding hydrogens is 328 g/mol. The molecule has 0 atom stereocenters. The highest BCUT2D eigenvalue weighted by molar-refractivity contribution is 5.96. The molecule has 2 N–H and O–H groups in total. The molecule has 6 heteroatoms. The highest BCUT2D eigenvalue weighted by Gasteiger charge is 2.15. The number of nitrogens with one attached hydrogen (secondary N) is 2. The van der Waals surface area contributed by atoms with Crippen LogP contribution in [0.2, 0.25) is 0 Å². The summed E-state index contributed by atoms with van der Waals surface area (Å²) in [6.45, 7) is 1.97. The summed E-state index contributed by atoms with van der Waals surface area (Å²) in [5.74, 6) is 5.39. The van der Waals surface area contributed by atoms with Crippen LogP contribution in [-0.4, -0.2) is 34.8 Å². The van der Waals surface area contributed by atoms with Crippen molar-refractivity contribution in [2.24, 2.45) is 0 Å². The molecule has 0 unspecified atom stereocenters. The number of aromatic nitrogens is 2. The van der Waals surface area contributed by atoms with Gasteiger partial charge in [0.15, 0.2) is 0 Å². The third-order valence-corrected chi connectivity index (χ3v) is 3.88.